The van der Waals surface area contributed by atoms with Crippen LogP contribution in [-0.4, -0.2) is 0 Å². The lowest BCUT2D eigenvalue weighted by atomic mass is 9.92. The summed E-state index contributed by atoms with van der Waals surface area (Å²) in [5, 5.41) is 2.72. The van der Waals surface area contributed by atoms with Gasteiger partial charge in [0.15, 0.2) is 0 Å². The van der Waals surface area contributed by atoms with E-state index >= 15 is 0 Å². The topological polar surface area (TPSA) is 3.24 Å². The molecule has 156 valence electrons. The Morgan fingerprint density at radius 1 is 0.667 bits per heavy atom. The molecule has 5 aromatic carbocycles. The van der Waals surface area contributed by atoms with E-state index in [2.05, 4.69) is 120 Å². The first-order valence-electron chi connectivity index (χ1n) is 11.3. The number of benzene rings is 5. The Bertz CT molecular complexity index is 1550. The highest BCUT2D eigenvalue weighted by molar-refractivity contribution is 7.99. The van der Waals surface area contributed by atoms with Gasteiger partial charge in [-0.05, 0) is 69.8 Å². The van der Waals surface area contributed by atoms with Crippen LogP contribution in [0.5, 0.6) is 0 Å². The van der Waals surface area contributed by atoms with E-state index < -0.39 is 0 Å². The Balaban J connectivity index is 1.50. The second kappa shape index (κ2) is 7.40. The molecule has 0 amide bonds. The van der Waals surface area contributed by atoms with Crippen LogP contribution in [0.3, 0.4) is 0 Å². The van der Waals surface area contributed by atoms with Crippen molar-refractivity contribution in [2.75, 3.05) is 4.90 Å². The minimum Gasteiger partial charge on any atom is -0.308 e. The molecule has 0 N–H and O–H groups in total. The Kier molecular flexibility index (Phi) is 4.21. The Morgan fingerprint density at radius 2 is 1.48 bits per heavy atom. The molecular weight excluding hydrogens is 418 g/mol. The summed E-state index contributed by atoms with van der Waals surface area (Å²) in [4.78, 5) is 5.12. The predicted molar refractivity (Wildman–Crippen MR) is 141 cm³/mol. The van der Waals surface area contributed by atoms with Crippen LogP contribution in [0.15, 0.2) is 119 Å². The van der Waals surface area contributed by atoms with E-state index in [1.54, 1.807) is 0 Å². The summed E-state index contributed by atoms with van der Waals surface area (Å²) in [5.74, 6) is 0. The third kappa shape index (κ3) is 2.95. The Hall–Kier alpha value is -3.75. The van der Waals surface area contributed by atoms with Crippen LogP contribution < -0.4 is 4.90 Å². The van der Waals surface area contributed by atoms with Gasteiger partial charge in [0, 0.05) is 15.5 Å². The molecule has 5 aromatic rings. The minimum atomic E-state index is 0.972. The van der Waals surface area contributed by atoms with Crippen molar-refractivity contribution in [3.05, 3.63) is 120 Å². The van der Waals surface area contributed by atoms with Gasteiger partial charge in [-0.15, -0.1) is 0 Å². The van der Waals surface area contributed by atoms with E-state index in [1.165, 1.54) is 59.9 Å². The van der Waals surface area contributed by atoms with Gasteiger partial charge in [0.2, 0.25) is 0 Å². The molecule has 0 spiro atoms. The van der Waals surface area contributed by atoms with Crippen molar-refractivity contribution in [2.45, 2.75) is 16.2 Å². The summed E-state index contributed by atoms with van der Waals surface area (Å²) < 4.78 is 0. The maximum Gasteiger partial charge on any atom is 0.0610 e. The smallest absolute Gasteiger partial charge is 0.0610 e. The molecule has 7 rings (SSSR count). The SMILES string of the molecule is C1=Cc2cccc3cc4c(c(c23)C1)Sc1cc(-c2ccccc2)ccc1N4c1ccccc1. The van der Waals surface area contributed by atoms with E-state index in [0.717, 1.165) is 6.42 Å². The summed E-state index contributed by atoms with van der Waals surface area (Å²) in [6, 6.07) is 37.4. The van der Waals surface area contributed by atoms with Crippen LogP contribution in [-0.2, 0) is 6.42 Å². The average Bonchev–Trinajstić information content (AvgIpc) is 2.89. The summed E-state index contributed by atoms with van der Waals surface area (Å²) in [7, 11) is 0. The van der Waals surface area contributed by atoms with Gasteiger partial charge in [0.1, 0.15) is 0 Å². The quantitative estimate of drug-likeness (QED) is 0.265. The predicted octanol–water partition coefficient (Wildman–Crippen LogP) is 9.01. The number of nitrogens with zero attached hydrogens (tertiary/aromatic N) is 1. The van der Waals surface area contributed by atoms with Crippen molar-refractivity contribution in [1.29, 1.82) is 0 Å². The average molecular weight is 440 g/mol. The fourth-order valence-electron chi connectivity index (χ4n) is 5.14. The van der Waals surface area contributed by atoms with E-state index in [9.17, 15) is 0 Å². The van der Waals surface area contributed by atoms with E-state index in [-0.39, 0.29) is 0 Å². The Morgan fingerprint density at radius 3 is 2.33 bits per heavy atom. The summed E-state index contributed by atoms with van der Waals surface area (Å²) >= 11 is 1.92. The normalized spacial score (nSPS) is 13.6. The van der Waals surface area contributed by atoms with Gasteiger partial charge in [-0.25, -0.2) is 0 Å². The van der Waals surface area contributed by atoms with Gasteiger partial charge in [0.25, 0.3) is 0 Å². The summed E-state index contributed by atoms with van der Waals surface area (Å²) in [6.07, 6.45) is 5.55. The van der Waals surface area contributed by atoms with Crippen LogP contribution in [0.1, 0.15) is 11.1 Å². The molecule has 1 aliphatic heterocycles. The van der Waals surface area contributed by atoms with Crippen molar-refractivity contribution in [2.24, 2.45) is 0 Å². The maximum absolute atomic E-state index is 2.44. The molecule has 2 heteroatoms. The summed E-state index contributed by atoms with van der Waals surface area (Å²) in [5.41, 5.74) is 9.00. The van der Waals surface area contributed by atoms with Crippen molar-refractivity contribution in [3.8, 4) is 11.1 Å². The number of para-hydroxylation sites is 1. The summed E-state index contributed by atoms with van der Waals surface area (Å²) in [6.45, 7) is 0. The lowest BCUT2D eigenvalue weighted by Gasteiger charge is -2.35. The fraction of sp³-hybridized carbons (Fsp3) is 0.0323. The maximum atomic E-state index is 2.44. The molecule has 1 aliphatic carbocycles. The molecule has 1 nitrogen and oxygen atoms in total. The fourth-order valence-corrected chi connectivity index (χ4v) is 6.37. The van der Waals surface area contributed by atoms with Crippen molar-refractivity contribution in [1.82, 2.24) is 0 Å². The van der Waals surface area contributed by atoms with Crippen LogP contribution in [0, 0.1) is 0 Å². The molecular formula is C31H21NS. The lowest BCUT2D eigenvalue weighted by Crippen LogP contribution is -2.16. The second-order valence-electron chi connectivity index (χ2n) is 8.58. The third-order valence-electron chi connectivity index (χ3n) is 6.62. The van der Waals surface area contributed by atoms with Gasteiger partial charge in [0.05, 0.1) is 11.4 Å². The third-order valence-corrected chi connectivity index (χ3v) is 7.83. The number of allylic oxidation sites excluding steroid dienone is 1. The highest BCUT2D eigenvalue weighted by atomic mass is 32.2. The Labute approximate surface area is 198 Å². The molecule has 0 aromatic heterocycles. The molecule has 0 atom stereocenters. The molecule has 1 heterocycles. The largest absolute Gasteiger partial charge is 0.308 e. The highest BCUT2D eigenvalue weighted by Crippen LogP contribution is 2.55. The standard InChI is InChI=1S/C31H21NS/c1-3-9-21(10-4-1)23-17-18-27-29(20-23)33-31-26-16-8-12-22-11-7-13-24(30(22)26)19-28(31)32(27)25-14-5-2-6-15-25/h1-15,17-20H,16H2. The van der Waals surface area contributed by atoms with Crippen molar-refractivity contribution < 1.29 is 0 Å². The number of rotatable bonds is 2. The van der Waals surface area contributed by atoms with Crippen molar-refractivity contribution >= 4 is 45.7 Å². The van der Waals surface area contributed by atoms with E-state index in [1.807, 2.05) is 11.8 Å². The first-order valence-corrected chi connectivity index (χ1v) is 12.2. The van der Waals surface area contributed by atoms with Gasteiger partial charge >= 0.3 is 0 Å². The molecule has 33 heavy (non-hydrogen) atoms. The van der Waals surface area contributed by atoms with Crippen LogP contribution in [0.25, 0.3) is 28.0 Å². The molecule has 0 saturated carbocycles. The molecule has 0 bridgehead atoms. The molecule has 0 radical (unpaired) electrons. The van der Waals surface area contributed by atoms with Gasteiger partial charge < -0.3 is 4.90 Å². The zero-order chi connectivity index (χ0) is 21.8. The molecule has 0 unspecified atom stereocenters. The van der Waals surface area contributed by atoms with Crippen LogP contribution in [0.4, 0.5) is 17.1 Å². The van der Waals surface area contributed by atoms with E-state index in [0.29, 0.717) is 0 Å². The van der Waals surface area contributed by atoms with Gasteiger partial charge in [-0.2, -0.15) is 0 Å². The van der Waals surface area contributed by atoms with Gasteiger partial charge in [-0.1, -0.05) is 96.7 Å². The number of anilines is 3. The number of fused-ring (bicyclic) bond motifs is 3. The van der Waals surface area contributed by atoms with Crippen LogP contribution in [0.2, 0.25) is 0 Å². The first-order chi connectivity index (χ1) is 16.4. The van der Waals surface area contributed by atoms with Crippen molar-refractivity contribution in [3.63, 3.8) is 0 Å². The first kappa shape index (κ1) is 18.8. The molecule has 0 fully saturated rings. The van der Waals surface area contributed by atoms with Gasteiger partial charge in [-0.3, -0.25) is 0 Å². The molecule has 2 aliphatic rings. The second-order valence-corrected chi connectivity index (χ2v) is 9.63. The van der Waals surface area contributed by atoms with Crippen LogP contribution >= 0.6 is 11.8 Å². The van der Waals surface area contributed by atoms with E-state index in [4.69, 9.17) is 0 Å². The minimum absolute atomic E-state index is 0.972. The molecule has 0 saturated heterocycles. The number of hydrogen-bond donors (Lipinski definition) is 0. The zero-order valence-corrected chi connectivity index (χ0v) is 18.8. The highest BCUT2D eigenvalue weighted by Gasteiger charge is 2.29. The zero-order valence-electron chi connectivity index (χ0n) is 18.0. The monoisotopic (exact) mass is 439 g/mol. The number of hydrogen-bond acceptors (Lipinski definition) is 2. The lowest BCUT2D eigenvalue weighted by molar-refractivity contribution is 1.12.